The number of halogens is 1. The van der Waals surface area contributed by atoms with Gasteiger partial charge in [0.15, 0.2) is 0 Å². The fraction of sp³-hybridized carbons (Fsp3) is 0.312. The van der Waals surface area contributed by atoms with Crippen LogP contribution < -0.4 is 0 Å². The highest BCUT2D eigenvalue weighted by Crippen LogP contribution is 2.36. The second-order valence-electron chi connectivity index (χ2n) is 5.02. The van der Waals surface area contributed by atoms with Crippen LogP contribution in [0.1, 0.15) is 34.1 Å². The van der Waals surface area contributed by atoms with E-state index < -0.39 is 0 Å². The number of carbonyl (C=O) groups excluding carboxylic acids is 1. The average molecular weight is 338 g/mol. The molecule has 1 aliphatic rings. The first-order valence-corrected chi connectivity index (χ1v) is 9.37. The number of hydrogen-bond acceptors (Lipinski definition) is 3. The van der Waals surface area contributed by atoms with Crippen LogP contribution in [0.2, 0.25) is 5.02 Å². The molecule has 0 radical (unpaired) electrons. The minimum atomic E-state index is 0.0480. The maximum atomic E-state index is 12.9. The summed E-state index contributed by atoms with van der Waals surface area (Å²) in [5, 5.41) is 2.60. The van der Waals surface area contributed by atoms with E-state index in [4.69, 9.17) is 11.6 Å². The third-order valence-electron chi connectivity index (χ3n) is 3.79. The number of nitrogens with zero attached hydrogens (tertiary/aromatic N) is 1. The quantitative estimate of drug-likeness (QED) is 0.726. The fourth-order valence-corrected chi connectivity index (χ4v) is 4.25. The van der Waals surface area contributed by atoms with E-state index in [2.05, 4.69) is 11.4 Å². The summed E-state index contributed by atoms with van der Waals surface area (Å²) in [4.78, 5) is 17.2. The van der Waals surface area contributed by atoms with Crippen LogP contribution in [0.3, 0.4) is 0 Å². The second kappa shape index (κ2) is 6.42. The van der Waals surface area contributed by atoms with Gasteiger partial charge in [-0.15, -0.1) is 23.1 Å². The zero-order valence-electron chi connectivity index (χ0n) is 11.7. The Morgan fingerprint density at radius 3 is 3.00 bits per heavy atom. The number of hydrogen-bond donors (Lipinski definition) is 0. The van der Waals surface area contributed by atoms with Crippen molar-refractivity contribution in [1.82, 2.24) is 4.90 Å². The number of likely N-dealkylation sites (tertiary alicyclic amines) is 1. The summed E-state index contributed by atoms with van der Waals surface area (Å²) in [5.74, 6) is 0.0480. The molecule has 5 heteroatoms. The summed E-state index contributed by atoms with van der Waals surface area (Å²) < 4.78 is 0. The van der Waals surface area contributed by atoms with Gasteiger partial charge in [-0.2, -0.15) is 0 Å². The lowest BCUT2D eigenvalue weighted by molar-refractivity contribution is 0.0738. The van der Waals surface area contributed by atoms with E-state index in [9.17, 15) is 4.79 Å². The van der Waals surface area contributed by atoms with E-state index in [0.717, 1.165) is 24.3 Å². The van der Waals surface area contributed by atoms with Crippen molar-refractivity contribution in [2.24, 2.45) is 0 Å². The zero-order chi connectivity index (χ0) is 14.8. The van der Waals surface area contributed by atoms with E-state index in [-0.39, 0.29) is 11.9 Å². The molecule has 0 aliphatic carbocycles. The third-order valence-corrected chi connectivity index (χ3v) is 5.82. The largest absolute Gasteiger partial charge is 0.331 e. The Hall–Kier alpha value is -0.970. The van der Waals surface area contributed by atoms with Gasteiger partial charge in [-0.25, -0.2) is 0 Å². The van der Waals surface area contributed by atoms with Crippen molar-refractivity contribution in [3.8, 4) is 0 Å². The summed E-state index contributed by atoms with van der Waals surface area (Å²) >= 11 is 9.59. The van der Waals surface area contributed by atoms with Gasteiger partial charge in [0.25, 0.3) is 5.91 Å². The van der Waals surface area contributed by atoms with Crippen LogP contribution in [0.25, 0.3) is 0 Å². The molecular formula is C16H16ClNOS2. The minimum absolute atomic E-state index is 0.0480. The SMILES string of the molecule is CSc1ccc(Cl)c(C(=O)N2CCC[C@H]2c2cccs2)c1. The van der Waals surface area contributed by atoms with Crippen LogP contribution in [0.5, 0.6) is 0 Å². The van der Waals surface area contributed by atoms with Gasteiger partial charge in [-0.3, -0.25) is 4.79 Å². The van der Waals surface area contributed by atoms with Gasteiger partial charge in [-0.1, -0.05) is 17.7 Å². The highest BCUT2D eigenvalue weighted by molar-refractivity contribution is 7.98. The number of carbonyl (C=O) groups is 1. The molecule has 110 valence electrons. The predicted molar refractivity (Wildman–Crippen MR) is 90.6 cm³/mol. The second-order valence-corrected chi connectivity index (χ2v) is 7.28. The lowest BCUT2D eigenvalue weighted by atomic mass is 10.1. The van der Waals surface area contributed by atoms with E-state index in [1.54, 1.807) is 23.1 Å². The van der Waals surface area contributed by atoms with Gasteiger partial charge in [0.2, 0.25) is 0 Å². The third kappa shape index (κ3) is 2.98. The Labute approximate surface area is 138 Å². The van der Waals surface area contributed by atoms with Gasteiger partial charge in [-0.05, 0) is 48.7 Å². The van der Waals surface area contributed by atoms with Crippen LogP contribution in [0.15, 0.2) is 40.6 Å². The molecule has 1 fully saturated rings. The molecule has 21 heavy (non-hydrogen) atoms. The lowest BCUT2D eigenvalue weighted by Gasteiger charge is -2.24. The summed E-state index contributed by atoms with van der Waals surface area (Å²) in [6.45, 7) is 0.807. The van der Waals surface area contributed by atoms with Crippen molar-refractivity contribution in [2.75, 3.05) is 12.8 Å². The molecule has 1 saturated heterocycles. The molecule has 3 rings (SSSR count). The molecule has 0 spiro atoms. The molecule has 2 heterocycles. The van der Waals surface area contributed by atoms with Crippen molar-refractivity contribution in [2.45, 2.75) is 23.8 Å². The van der Waals surface area contributed by atoms with Gasteiger partial charge < -0.3 is 4.90 Å². The van der Waals surface area contributed by atoms with E-state index in [1.807, 2.05) is 35.4 Å². The maximum Gasteiger partial charge on any atom is 0.255 e. The fourth-order valence-electron chi connectivity index (χ4n) is 2.74. The molecule has 2 aromatic rings. The van der Waals surface area contributed by atoms with Crippen LogP contribution in [0.4, 0.5) is 0 Å². The first-order valence-electron chi connectivity index (χ1n) is 6.88. The molecule has 1 aromatic heterocycles. The van der Waals surface area contributed by atoms with Crippen molar-refractivity contribution >= 4 is 40.6 Å². The number of amides is 1. The molecule has 0 N–H and O–H groups in total. The number of benzene rings is 1. The number of rotatable bonds is 3. The molecule has 2 nitrogen and oxygen atoms in total. The Morgan fingerprint density at radius 1 is 1.43 bits per heavy atom. The van der Waals surface area contributed by atoms with E-state index in [1.165, 1.54) is 4.88 Å². The lowest BCUT2D eigenvalue weighted by Crippen LogP contribution is -2.30. The standard InChI is InChI=1S/C16H16ClNOS2/c1-20-11-6-7-13(17)12(10-11)16(19)18-8-2-4-14(18)15-5-3-9-21-15/h3,5-7,9-10,14H,2,4,8H2,1H3/t14-/m0/s1. The number of thioether (sulfide) groups is 1. The van der Waals surface area contributed by atoms with Gasteiger partial charge in [0, 0.05) is 16.3 Å². The van der Waals surface area contributed by atoms with Crippen LogP contribution in [-0.4, -0.2) is 23.6 Å². The smallest absolute Gasteiger partial charge is 0.255 e. The Balaban J connectivity index is 1.91. The topological polar surface area (TPSA) is 20.3 Å². The zero-order valence-corrected chi connectivity index (χ0v) is 14.1. The monoisotopic (exact) mass is 337 g/mol. The van der Waals surface area contributed by atoms with Crippen molar-refractivity contribution in [3.05, 3.63) is 51.2 Å². The molecule has 0 bridgehead atoms. The Kier molecular flexibility index (Phi) is 4.57. The first kappa shape index (κ1) is 14.9. The number of thiophene rings is 1. The minimum Gasteiger partial charge on any atom is -0.331 e. The molecule has 1 amide bonds. The van der Waals surface area contributed by atoms with Crippen molar-refractivity contribution in [3.63, 3.8) is 0 Å². The van der Waals surface area contributed by atoms with Crippen molar-refractivity contribution in [1.29, 1.82) is 0 Å². The molecular weight excluding hydrogens is 322 g/mol. The van der Waals surface area contributed by atoms with Gasteiger partial charge >= 0.3 is 0 Å². The Bertz CT molecular complexity index is 642. The van der Waals surface area contributed by atoms with E-state index in [0.29, 0.717) is 10.6 Å². The van der Waals surface area contributed by atoms with Crippen molar-refractivity contribution < 1.29 is 4.79 Å². The molecule has 1 atom stereocenters. The molecule has 1 aromatic carbocycles. The molecule has 1 aliphatic heterocycles. The normalized spacial score (nSPS) is 18.2. The summed E-state index contributed by atoms with van der Waals surface area (Å²) in [6.07, 6.45) is 4.09. The van der Waals surface area contributed by atoms with Crippen LogP contribution in [0, 0.1) is 0 Å². The average Bonchev–Trinajstić information content (AvgIpc) is 3.17. The Morgan fingerprint density at radius 2 is 2.29 bits per heavy atom. The van der Waals surface area contributed by atoms with Crippen LogP contribution in [-0.2, 0) is 0 Å². The highest BCUT2D eigenvalue weighted by Gasteiger charge is 2.32. The first-order chi connectivity index (χ1) is 10.2. The van der Waals surface area contributed by atoms with Gasteiger partial charge in [0.05, 0.1) is 16.6 Å². The van der Waals surface area contributed by atoms with Gasteiger partial charge in [0.1, 0.15) is 0 Å². The summed E-state index contributed by atoms with van der Waals surface area (Å²) in [5.41, 5.74) is 0.618. The summed E-state index contributed by atoms with van der Waals surface area (Å²) in [6, 6.07) is 10.0. The van der Waals surface area contributed by atoms with E-state index >= 15 is 0 Å². The maximum absolute atomic E-state index is 12.9. The predicted octanol–water partition coefficient (Wildman–Crippen LogP) is 5.10. The molecule has 0 saturated carbocycles. The molecule has 0 unspecified atom stereocenters. The van der Waals surface area contributed by atoms with Crippen LogP contribution >= 0.6 is 34.7 Å². The highest BCUT2D eigenvalue weighted by atomic mass is 35.5. The summed E-state index contributed by atoms with van der Waals surface area (Å²) in [7, 11) is 0.